The number of hydrogen-bond acceptors (Lipinski definition) is 6. The minimum absolute atomic E-state index is 0. The van der Waals surface area contributed by atoms with Gasteiger partial charge in [-0.2, -0.15) is 4.98 Å². The van der Waals surface area contributed by atoms with Crippen LogP contribution in [0.5, 0.6) is 11.5 Å². The molecule has 2 heterocycles. The maximum absolute atomic E-state index is 12.7. The molecule has 0 aliphatic heterocycles. The van der Waals surface area contributed by atoms with Gasteiger partial charge in [0.2, 0.25) is 0 Å². The molecular formula is C18H22N3NaO4S. The van der Waals surface area contributed by atoms with Crippen molar-refractivity contribution in [2.24, 2.45) is 0 Å². The number of pyridine rings is 1. The molecule has 0 saturated heterocycles. The molecule has 0 spiro atoms. The summed E-state index contributed by atoms with van der Waals surface area (Å²) in [5, 5.41) is 0.417. The van der Waals surface area contributed by atoms with Crippen LogP contribution in [0.4, 0.5) is 0 Å². The van der Waals surface area contributed by atoms with Crippen molar-refractivity contribution in [3.63, 3.8) is 0 Å². The predicted molar refractivity (Wildman–Crippen MR) is 106 cm³/mol. The molecule has 9 heteroatoms. The fraction of sp³-hybridized carbons (Fsp3) is 0.333. The molecule has 1 unspecified atom stereocenters. The summed E-state index contributed by atoms with van der Waals surface area (Å²) in [4.78, 5) is 11.9. The number of methoxy groups -OCH3 is 2. The van der Waals surface area contributed by atoms with E-state index in [1.807, 2.05) is 19.1 Å². The molecule has 1 atom stereocenters. The van der Waals surface area contributed by atoms with Gasteiger partial charge in [0.05, 0.1) is 30.4 Å². The summed E-state index contributed by atoms with van der Waals surface area (Å²) in [5.74, 6) is 1.68. The second kappa shape index (κ2) is 10.3. The normalized spacial score (nSPS) is 11.9. The number of ether oxygens (including phenoxy) is 3. The van der Waals surface area contributed by atoms with Crippen LogP contribution in [-0.2, 0) is 21.7 Å². The summed E-state index contributed by atoms with van der Waals surface area (Å²) in [7, 11) is 3.23. The van der Waals surface area contributed by atoms with E-state index in [4.69, 9.17) is 14.2 Å². The number of hydrogen-bond donors (Lipinski definition) is 1. The van der Waals surface area contributed by atoms with Crippen LogP contribution in [0.25, 0.3) is 11.0 Å². The summed E-state index contributed by atoms with van der Waals surface area (Å²) in [6, 6.07) is 7.29. The Labute approximate surface area is 183 Å². The third-order valence-corrected chi connectivity index (χ3v) is 5.12. The van der Waals surface area contributed by atoms with Crippen molar-refractivity contribution in [3.8, 4) is 11.5 Å². The Bertz CT molecular complexity index is 890. The molecule has 1 aromatic carbocycles. The summed E-state index contributed by atoms with van der Waals surface area (Å²) >= 11 is -1.35. The van der Waals surface area contributed by atoms with Crippen LogP contribution in [0.15, 0.2) is 35.6 Å². The molecule has 27 heavy (non-hydrogen) atoms. The number of H-pyrrole nitrogens is 1. The number of rotatable bonds is 8. The van der Waals surface area contributed by atoms with E-state index in [9.17, 15) is 4.55 Å². The first-order chi connectivity index (χ1) is 12.6. The van der Waals surface area contributed by atoms with E-state index in [-0.39, 0.29) is 35.3 Å². The summed E-state index contributed by atoms with van der Waals surface area (Å²) in [6.45, 7) is 2.87. The number of benzene rings is 1. The topological polar surface area (TPSA) is 92.3 Å². The number of imidazole rings is 1. The van der Waals surface area contributed by atoms with Crippen LogP contribution in [0.2, 0.25) is 0 Å². The molecule has 2 aromatic heterocycles. The van der Waals surface area contributed by atoms with E-state index in [0.717, 1.165) is 22.5 Å². The number of nitrogens with zero attached hydrogens (tertiary/aromatic N) is 2. The number of fused-ring (bicyclic) bond motifs is 1. The SMILES string of the molecule is COCCOc1ccnc(C[S+]([O-])c2nc3cc(OC)ccc3[nH]2)c1C.[NaH]. The standard InChI is InChI=1S/C18H21N3O4S.Na.H/c1-12-16(19-7-6-17(12)25-9-8-23-2)11-26(22)18-20-14-5-4-13(24-3)10-15(14)21-18;;/h4-7,10H,8-9,11H2,1-3H3,(H,20,21);;. The molecule has 0 fully saturated rings. The van der Waals surface area contributed by atoms with Gasteiger partial charge in [0.25, 0.3) is 0 Å². The second-order valence-electron chi connectivity index (χ2n) is 5.64. The zero-order chi connectivity index (χ0) is 18.5. The predicted octanol–water partition coefficient (Wildman–Crippen LogP) is 1.96. The second-order valence-corrected chi connectivity index (χ2v) is 7.00. The zero-order valence-corrected chi connectivity index (χ0v) is 15.8. The molecule has 140 valence electrons. The Balaban J connectivity index is 0.00000261. The number of nitrogens with one attached hydrogen (secondary N) is 1. The van der Waals surface area contributed by atoms with Crippen LogP contribution in [-0.4, -0.2) is 76.5 Å². The Hall–Kier alpha value is -1.29. The van der Waals surface area contributed by atoms with Crippen LogP contribution in [0.1, 0.15) is 11.3 Å². The van der Waals surface area contributed by atoms with Crippen molar-refractivity contribution in [2.45, 2.75) is 17.8 Å². The number of aromatic amines is 1. The van der Waals surface area contributed by atoms with Gasteiger partial charge in [0.1, 0.15) is 18.1 Å². The van der Waals surface area contributed by atoms with E-state index in [1.54, 1.807) is 32.5 Å². The van der Waals surface area contributed by atoms with Gasteiger partial charge in [0.15, 0.2) is 5.75 Å². The molecule has 3 rings (SSSR count). The average Bonchev–Trinajstić information content (AvgIpc) is 3.08. The third-order valence-electron chi connectivity index (χ3n) is 3.96. The maximum atomic E-state index is 12.7. The Morgan fingerprint density at radius 3 is 2.74 bits per heavy atom. The summed E-state index contributed by atoms with van der Waals surface area (Å²) in [5.41, 5.74) is 3.12. The van der Waals surface area contributed by atoms with E-state index in [0.29, 0.717) is 29.6 Å². The molecule has 0 saturated carbocycles. The molecule has 0 aliphatic rings. The molecule has 0 amide bonds. The number of aromatic nitrogens is 3. The third kappa shape index (κ3) is 5.37. The van der Waals surface area contributed by atoms with Crippen molar-refractivity contribution >= 4 is 51.8 Å². The fourth-order valence-electron chi connectivity index (χ4n) is 2.49. The first kappa shape index (κ1) is 22.0. The average molecular weight is 399 g/mol. The van der Waals surface area contributed by atoms with Gasteiger partial charge in [-0.05, 0) is 25.1 Å². The molecular weight excluding hydrogens is 377 g/mol. The van der Waals surface area contributed by atoms with Gasteiger partial charge in [-0.3, -0.25) is 9.97 Å². The molecule has 1 N–H and O–H groups in total. The Kier molecular flexibility index (Phi) is 8.40. The van der Waals surface area contributed by atoms with Crippen molar-refractivity contribution in [1.82, 2.24) is 15.0 Å². The monoisotopic (exact) mass is 399 g/mol. The van der Waals surface area contributed by atoms with Gasteiger partial charge >= 0.3 is 34.7 Å². The summed E-state index contributed by atoms with van der Waals surface area (Å²) < 4.78 is 28.6. The van der Waals surface area contributed by atoms with Gasteiger partial charge in [-0.1, -0.05) is 0 Å². The van der Waals surface area contributed by atoms with Crippen molar-refractivity contribution in [1.29, 1.82) is 0 Å². The molecule has 3 aromatic rings. The van der Waals surface area contributed by atoms with E-state index in [1.165, 1.54) is 0 Å². The first-order valence-electron chi connectivity index (χ1n) is 8.10. The Morgan fingerprint density at radius 1 is 1.19 bits per heavy atom. The molecule has 0 bridgehead atoms. The van der Waals surface area contributed by atoms with Gasteiger partial charge in [-0.15, -0.1) is 0 Å². The van der Waals surface area contributed by atoms with E-state index < -0.39 is 11.2 Å². The van der Waals surface area contributed by atoms with Gasteiger partial charge in [0, 0.05) is 36.1 Å². The molecule has 0 radical (unpaired) electrons. The molecule has 0 aliphatic carbocycles. The summed E-state index contributed by atoms with van der Waals surface area (Å²) in [6.07, 6.45) is 1.66. The van der Waals surface area contributed by atoms with Crippen molar-refractivity contribution in [2.75, 3.05) is 27.4 Å². The van der Waals surface area contributed by atoms with Crippen molar-refractivity contribution in [3.05, 3.63) is 41.7 Å². The van der Waals surface area contributed by atoms with Crippen LogP contribution in [0.3, 0.4) is 0 Å². The van der Waals surface area contributed by atoms with Crippen LogP contribution >= 0.6 is 0 Å². The van der Waals surface area contributed by atoms with Crippen LogP contribution < -0.4 is 9.47 Å². The van der Waals surface area contributed by atoms with Crippen molar-refractivity contribution < 1.29 is 18.8 Å². The van der Waals surface area contributed by atoms with Gasteiger partial charge in [-0.25, -0.2) is 0 Å². The molecule has 7 nitrogen and oxygen atoms in total. The van der Waals surface area contributed by atoms with E-state index >= 15 is 0 Å². The fourth-order valence-corrected chi connectivity index (χ4v) is 3.59. The minimum atomic E-state index is -1.35. The Morgan fingerprint density at radius 2 is 2.00 bits per heavy atom. The zero-order valence-electron chi connectivity index (χ0n) is 14.9. The van der Waals surface area contributed by atoms with Gasteiger partial charge < -0.3 is 18.8 Å². The van der Waals surface area contributed by atoms with Crippen LogP contribution in [0, 0.1) is 6.92 Å². The first-order valence-corrected chi connectivity index (χ1v) is 9.42. The van der Waals surface area contributed by atoms with E-state index in [2.05, 4.69) is 15.0 Å². The quantitative estimate of drug-likeness (QED) is 0.354.